The number of phenols is 1. The van der Waals surface area contributed by atoms with Crippen LogP contribution in [0.5, 0.6) is 5.75 Å². The molecular weight excluding hydrogens is 322 g/mol. The van der Waals surface area contributed by atoms with Crippen molar-refractivity contribution in [1.82, 2.24) is 0 Å². The monoisotopic (exact) mass is 339 g/mol. The number of hydrogen-bond donors (Lipinski definition) is 1. The minimum Gasteiger partial charge on any atom is -0.508 e. The van der Waals surface area contributed by atoms with Crippen LogP contribution < -0.4 is 4.90 Å². The summed E-state index contributed by atoms with van der Waals surface area (Å²) in [4.78, 5) is 25.5. The molecule has 1 aromatic heterocycles. The van der Waals surface area contributed by atoms with Crippen molar-refractivity contribution in [2.75, 3.05) is 18.6 Å². The molecule has 0 unspecified atom stereocenters. The van der Waals surface area contributed by atoms with Crippen LogP contribution in [0.2, 0.25) is 0 Å². The van der Waals surface area contributed by atoms with Gasteiger partial charge in [-0.15, -0.1) is 0 Å². The first-order valence-electron chi connectivity index (χ1n) is 7.71. The van der Waals surface area contributed by atoms with E-state index >= 15 is 0 Å². The average molecular weight is 339 g/mol. The van der Waals surface area contributed by atoms with Gasteiger partial charge in [0.05, 0.1) is 12.7 Å². The largest absolute Gasteiger partial charge is 0.508 e. The SMILES string of the molecule is CN(C(=O)COC(=O)Cc1coc2cc(O)ccc12)c1ccccc1. The second kappa shape index (κ2) is 7.09. The maximum Gasteiger partial charge on any atom is 0.310 e. The Hall–Kier alpha value is -3.28. The number of phenolic OH excluding ortho intramolecular Hbond substituents is 1. The fourth-order valence-corrected chi connectivity index (χ4v) is 2.45. The van der Waals surface area contributed by atoms with E-state index in [4.69, 9.17) is 9.15 Å². The third-order valence-corrected chi connectivity index (χ3v) is 3.85. The first-order valence-corrected chi connectivity index (χ1v) is 7.71. The number of nitrogens with zero attached hydrogens (tertiary/aromatic N) is 1. The molecule has 1 amide bonds. The van der Waals surface area contributed by atoms with Gasteiger partial charge >= 0.3 is 5.97 Å². The van der Waals surface area contributed by atoms with Gasteiger partial charge in [-0.05, 0) is 24.3 Å². The molecule has 3 aromatic rings. The van der Waals surface area contributed by atoms with E-state index in [0.717, 1.165) is 11.1 Å². The van der Waals surface area contributed by atoms with Crippen molar-refractivity contribution in [2.24, 2.45) is 0 Å². The fraction of sp³-hybridized carbons (Fsp3) is 0.158. The molecule has 0 fully saturated rings. The molecule has 25 heavy (non-hydrogen) atoms. The Labute approximate surface area is 144 Å². The number of amides is 1. The normalized spacial score (nSPS) is 10.6. The molecule has 1 heterocycles. The lowest BCUT2D eigenvalue weighted by molar-refractivity contribution is -0.147. The molecule has 0 aliphatic carbocycles. The average Bonchev–Trinajstić information content (AvgIpc) is 3.01. The molecule has 3 rings (SSSR count). The summed E-state index contributed by atoms with van der Waals surface area (Å²) in [6.07, 6.45) is 1.43. The second-order valence-electron chi connectivity index (χ2n) is 5.57. The van der Waals surface area contributed by atoms with Crippen LogP contribution in [0, 0.1) is 0 Å². The zero-order valence-corrected chi connectivity index (χ0v) is 13.6. The topological polar surface area (TPSA) is 80.0 Å². The van der Waals surface area contributed by atoms with Crippen molar-refractivity contribution >= 4 is 28.5 Å². The first-order chi connectivity index (χ1) is 12.0. The van der Waals surface area contributed by atoms with Crippen molar-refractivity contribution in [3.8, 4) is 5.75 Å². The maximum atomic E-state index is 12.1. The lowest BCUT2D eigenvalue weighted by Crippen LogP contribution is -2.31. The number of anilines is 1. The van der Waals surface area contributed by atoms with E-state index < -0.39 is 5.97 Å². The summed E-state index contributed by atoms with van der Waals surface area (Å²) in [7, 11) is 1.63. The quantitative estimate of drug-likeness (QED) is 0.723. The molecule has 0 spiro atoms. The van der Waals surface area contributed by atoms with Crippen molar-refractivity contribution < 1.29 is 23.8 Å². The van der Waals surface area contributed by atoms with E-state index in [1.807, 2.05) is 18.2 Å². The molecule has 2 aromatic carbocycles. The number of benzene rings is 2. The summed E-state index contributed by atoms with van der Waals surface area (Å²) < 4.78 is 10.4. The molecule has 0 atom stereocenters. The number of fused-ring (bicyclic) bond motifs is 1. The van der Waals surface area contributed by atoms with Crippen LogP contribution in [0.15, 0.2) is 59.2 Å². The fourth-order valence-electron chi connectivity index (χ4n) is 2.45. The number of ether oxygens (including phenoxy) is 1. The molecule has 6 heteroatoms. The highest BCUT2D eigenvalue weighted by atomic mass is 16.5. The molecule has 0 saturated carbocycles. The van der Waals surface area contributed by atoms with Crippen molar-refractivity contribution in [3.63, 3.8) is 0 Å². The maximum absolute atomic E-state index is 12.1. The minimum absolute atomic E-state index is 0.0138. The van der Waals surface area contributed by atoms with E-state index in [-0.39, 0.29) is 24.7 Å². The van der Waals surface area contributed by atoms with Gasteiger partial charge in [-0.25, -0.2) is 0 Å². The van der Waals surface area contributed by atoms with Crippen LogP contribution >= 0.6 is 0 Å². The van der Waals surface area contributed by atoms with Crippen LogP contribution in [0.3, 0.4) is 0 Å². The summed E-state index contributed by atoms with van der Waals surface area (Å²) >= 11 is 0. The third kappa shape index (κ3) is 3.80. The summed E-state index contributed by atoms with van der Waals surface area (Å²) in [5.41, 5.74) is 1.86. The summed E-state index contributed by atoms with van der Waals surface area (Å²) in [6.45, 7) is -0.333. The summed E-state index contributed by atoms with van der Waals surface area (Å²) in [5, 5.41) is 10.1. The number of aromatic hydroxyl groups is 1. The minimum atomic E-state index is -0.523. The zero-order valence-electron chi connectivity index (χ0n) is 13.6. The van der Waals surface area contributed by atoms with E-state index in [1.54, 1.807) is 25.2 Å². The van der Waals surface area contributed by atoms with Gasteiger partial charge < -0.3 is 19.2 Å². The number of hydrogen-bond acceptors (Lipinski definition) is 5. The Kier molecular flexibility index (Phi) is 4.70. The second-order valence-corrected chi connectivity index (χ2v) is 5.57. The standard InChI is InChI=1S/C19H17NO5/c1-20(14-5-3-2-4-6-14)18(22)12-25-19(23)9-13-11-24-17-10-15(21)7-8-16(13)17/h2-8,10-11,21H,9,12H2,1H3. The van der Waals surface area contributed by atoms with Gasteiger partial charge in [0.15, 0.2) is 6.61 Å². The molecule has 0 saturated heterocycles. The Morgan fingerprint density at radius 2 is 1.92 bits per heavy atom. The summed E-state index contributed by atoms with van der Waals surface area (Å²) in [6, 6.07) is 13.8. The third-order valence-electron chi connectivity index (χ3n) is 3.85. The number of carbonyl (C=O) groups excluding carboxylic acids is 2. The highest BCUT2D eigenvalue weighted by molar-refractivity contribution is 5.95. The molecule has 0 aliphatic rings. The predicted molar refractivity (Wildman–Crippen MR) is 92.4 cm³/mol. The van der Waals surface area contributed by atoms with Crippen LogP contribution in [-0.4, -0.2) is 30.6 Å². The number of furan rings is 1. The number of carbonyl (C=O) groups is 2. The molecule has 0 bridgehead atoms. The molecule has 1 N–H and O–H groups in total. The van der Waals surface area contributed by atoms with Crippen molar-refractivity contribution in [1.29, 1.82) is 0 Å². The number of esters is 1. The van der Waals surface area contributed by atoms with E-state index in [9.17, 15) is 14.7 Å². The van der Waals surface area contributed by atoms with Crippen molar-refractivity contribution in [3.05, 3.63) is 60.4 Å². The summed E-state index contributed by atoms with van der Waals surface area (Å²) in [5.74, 6) is -0.752. The molecule has 6 nitrogen and oxygen atoms in total. The van der Waals surface area contributed by atoms with Crippen LogP contribution in [0.25, 0.3) is 11.0 Å². The van der Waals surface area contributed by atoms with Crippen LogP contribution in [0.4, 0.5) is 5.69 Å². The van der Waals surface area contributed by atoms with Gasteiger partial charge in [0.2, 0.25) is 0 Å². The van der Waals surface area contributed by atoms with Gasteiger partial charge in [0.1, 0.15) is 11.3 Å². The van der Waals surface area contributed by atoms with E-state index in [2.05, 4.69) is 0 Å². The molecule has 128 valence electrons. The first kappa shape index (κ1) is 16.6. The molecular formula is C19H17NO5. The lowest BCUT2D eigenvalue weighted by Gasteiger charge is -2.17. The van der Waals surface area contributed by atoms with Gasteiger partial charge in [0, 0.05) is 29.8 Å². The predicted octanol–water partition coefficient (Wildman–Crippen LogP) is 2.89. The Morgan fingerprint density at radius 3 is 2.68 bits per heavy atom. The molecule has 0 radical (unpaired) electrons. The number of para-hydroxylation sites is 1. The number of likely N-dealkylation sites (N-methyl/N-ethyl adjacent to an activating group) is 1. The Balaban J connectivity index is 1.58. The van der Waals surface area contributed by atoms with E-state index in [1.165, 1.54) is 23.3 Å². The van der Waals surface area contributed by atoms with Gasteiger partial charge in [0.25, 0.3) is 5.91 Å². The van der Waals surface area contributed by atoms with Crippen molar-refractivity contribution in [2.45, 2.75) is 6.42 Å². The highest BCUT2D eigenvalue weighted by Gasteiger charge is 2.16. The van der Waals surface area contributed by atoms with Gasteiger partial charge in [-0.3, -0.25) is 9.59 Å². The zero-order chi connectivity index (χ0) is 17.8. The van der Waals surface area contributed by atoms with Crippen LogP contribution in [-0.2, 0) is 20.7 Å². The highest BCUT2D eigenvalue weighted by Crippen LogP contribution is 2.25. The number of rotatable bonds is 5. The lowest BCUT2D eigenvalue weighted by atomic mass is 10.1. The van der Waals surface area contributed by atoms with E-state index in [0.29, 0.717) is 11.1 Å². The van der Waals surface area contributed by atoms with Crippen LogP contribution in [0.1, 0.15) is 5.56 Å². The van der Waals surface area contributed by atoms with Gasteiger partial charge in [-0.2, -0.15) is 0 Å². The Morgan fingerprint density at radius 1 is 1.16 bits per heavy atom. The Bertz CT molecular complexity index is 901. The smallest absolute Gasteiger partial charge is 0.310 e. The van der Waals surface area contributed by atoms with Gasteiger partial charge in [-0.1, -0.05) is 18.2 Å². The molecule has 0 aliphatic heterocycles.